The third-order valence-corrected chi connectivity index (χ3v) is 23.2. The van der Waals surface area contributed by atoms with E-state index in [0.29, 0.717) is 93.0 Å². The number of alkyl halides is 24. The molecule has 32 heteroatoms. The van der Waals surface area contributed by atoms with E-state index in [-0.39, 0.29) is 148 Å². The lowest BCUT2D eigenvalue weighted by molar-refractivity contribution is -0.144. The SMILES string of the molecule is FC(F)(F)c1ccc(-c2ccc3c(c2)c2cc(-c4ccc(C(F)(F)F)cc4C(F)(F)F)ccc2n3-c2cc(-c3cccc(-c4ccc(-n5c6ccc(-c7ccc(C(F)(F)F)cc7C(F)(F)F)cc6c6cc(-c7ccc(C(F)(F)F)cc7C(F)(F)F)ccc65)c(-c5nc(-c6ccccc6)nc(-c6ccccc6)n5)c4)c3)cc(-c3nc(-c4ccccc4)nc(-c4ccccc4)n3)c2)c(C(F)(F)F)c1. The van der Waals surface area contributed by atoms with Gasteiger partial charge in [-0.1, -0.05) is 194 Å². The first-order valence-electron chi connectivity index (χ1n) is 40.9. The fourth-order valence-corrected chi connectivity index (χ4v) is 17.0. The second kappa shape index (κ2) is 33.2. The molecule has 0 saturated heterocycles. The molecule has 0 aliphatic carbocycles. The third kappa shape index (κ3) is 17.2. The van der Waals surface area contributed by atoms with Crippen molar-refractivity contribution in [2.24, 2.45) is 0 Å². The number of rotatable bonds is 14. The van der Waals surface area contributed by atoms with Crippen LogP contribution in [-0.4, -0.2) is 39.0 Å². The van der Waals surface area contributed by atoms with Crippen LogP contribution in [0.4, 0.5) is 105 Å². The molecule has 15 aromatic carbocycles. The highest BCUT2D eigenvalue weighted by Gasteiger charge is 2.44. The molecule has 19 aromatic rings. The molecular weight excluding hydrogens is 1820 g/mol. The van der Waals surface area contributed by atoms with Crippen LogP contribution in [0, 0.1) is 0 Å². The molecule has 0 bridgehead atoms. The van der Waals surface area contributed by atoms with Gasteiger partial charge in [0.05, 0.1) is 72.3 Å². The fourth-order valence-electron chi connectivity index (χ4n) is 17.0. The summed E-state index contributed by atoms with van der Waals surface area (Å²) >= 11 is 0. The maximum atomic E-state index is 15.3. The molecular formula is C104H54F24N8. The molecule has 4 heterocycles. The average molecular weight is 1870 g/mol. The largest absolute Gasteiger partial charge is 0.417 e. The number of nitrogens with zero attached hydrogens (tertiary/aromatic N) is 8. The van der Waals surface area contributed by atoms with Crippen LogP contribution in [0.2, 0.25) is 0 Å². The molecule has 0 aliphatic rings. The monoisotopic (exact) mass is 1870 g/mol. The molecule has 0 saturated carbocycles. The Morgan fingerprint density at radius 3 is 0.713 bits per heavy atom. The molecule has 0 spiro atoms. The van der Waals surface area contributed by atoms with E-state index in [9.17, 15) is 52.7 Å². The van der Waals surface area contributed by atoms with E-state index >= 15 is 52.7 Å². The normalized spacial score (nSPS) is 12.7. The first-order valence-corrected chi connectivity index (χ1v) is 40.9. The van der Waals surface area contributed by atoms with Crippen LogP contribution in [-0.2, 0) is 49.4 Å². The second-order valence-electron chi connectivity index (χ2n) is 31.8. The van der Waals surface area contributed by atoms with Gasteiger partial charge >= 0.3 is 49.4 Å². The summed E-state index contributed by atoms with van der Waals surface area (Å²) in [5.41, 5.74) is -13.5. The number of hydrogen-bond acceptors (Lipinski definition) is 6. The molecule has 136 heavy (non-hydrogen) atoms. The Labute approximate surface area is 752 Å². The van der Waals surface area contributed by atoms with Crippen molar-refractivity contribution in [3.05, 3.63) is 372 Å². The Kier molecular flexibility index (Phi) is 21.8. The molecule has 0 N–H and O–H groups in total. The van der Waals surface area contributed by atoms with Gasteiger partial charge in [-0.2, -0.15) is 105 Å². The van der Waals surface area contributed by atoms with Crippen LogP contribution in [0.25, 0.3) is 190 Å². The Hall–Kier alpha value is -15.8. The van der Waals surface area contributed by atoms with E-state index in [1.165, 1.54) is 72.8 Å². The summed E-state index contributed by atoms with van der Waals surface area (Å²) < 4.78 is 358. The smallest absolute Gasteiger partial charge is 0.309 e. The van der Waals surface area contributed by atoms with Crippen molar-refractivity contribution in [3.8, 4) is 146 Å². The number of fused-ring (bicyclic) bond motifs is 6. The van der Waals surface area contributed by atoms with Crippen molar-refractivity contribution in [3.63, 3.8) is 0 Å². The average Bonchev–Trinajstić information content (AvgIpc) is 1.57. The Bertz CT molecular complexity index is 7570. The van der Waals surface area contributed by atoms with Gasteiger partial charge in [-0.15, -0.1) is 0 Å². The standard InChI is InChI=1S/C104H54F24N8/c105-97(106,107)68-29-33-73(82(51-68)101(117,118)119)62-25-38-86-77(47-62)78-48-63(74-34-30-69(98(108,109)110)52-83(74)102(120,121)122)26-39-87(78)135(86)72-44-66(43-67(45-72)95-131-91(55-14-5-1-6-15-55)129-92(132-95)56-16-7-2-8-17-56)60-23-13-22-59(42-60)61-24-37-90(81(46-61)96-133-93(57-18-9-3-10-19-57)130-94(134-96)58-20-11-4-12-21-58)136-88-40-27-64(75-35-31-70(99(111,112)113)53-84(75)103(123,124)125)49-79(88)80-50-65(28-41-89(80)136)76-36-32-71(100(114,115)116)54-85(76)104(126,127)128/h1-54H. The van der Waals surface area contributed by atoms with Crippen molar-refractivity contribution < 1.29 is 105 Å². The van der Waals surface area contributed by atoms with Gasteiger partial charge in [0, 0.05) is 60.6 Å². The summed E-state index contributed by atoms with van der Waals surface area (Å²) in [6, 6.07) is 70.0. The lowest BCUT2D eigenvalue weighted by atomic mass is 9.94. The second-order valence-corrected chi connectivity index (χ2v) is 31.8. The lowest BCUT2D eigenvalue weighted by Crippen LogP contribution is -2.12. The van der Waals surface area contributed by atoms with Crippen LogP contribution in [0.3, 0.4) is 0 Å². The zero-order valence-electron chi connectivity index (χ0n) is 68.8. The van der Waals surface area contributed by atoms with Gasteiger partial charge in [0.1, 0.15) is 0 Å². The van der Waals surface area contributed by atoms with E-state index in [1.807, 2.05) is 0 Å². The molecule has 0 radical (unpaired) electrons. The van der Waals surface area contributed by atoms with Gasteiger partial charge in [0.25, 0.3) is 0 Å². The fraction of sp³-hybridized carbons (Fsp3) is 0.0769. The minimum absolute atomic E-state index is 0.0115. The zero-order valence-corrected chi connectivity index (χ0v) is 68.8. The van der Waals surface area contributed by atoms with Crippen LogP contribution in [0.15, 0.2) is 328 Å². The van der Waals surface area contributed by atoms with Gasteiger partial charge in [-0.05, 0) is 200 Å². The molecule has 678 valence electrons. The number of hydrogen-bond donors (Lipinski definition) is 0. The predicted octanol–water partition coefficient (Wildman–Crippen LogP) is 32.4. The Morgan fingerprint density at radius 1 is 0.162 bits per heavy atom. The highest BCUT2D eigenvalue weighted by atomic mass is 19.4. The van der Waals surface area contributed by atoms with Crippen molar-refractivity contribution in [1.82, 2.24) is 39.0 Å². The Balaban J connectivity index is 0.863. The van der Waals surface area contributed by atoms with Crippen molar-refractivity contribution in [2.75, 3.05) is 0 Å². The first kappa shape index (κ1) is 89.5. The van der Waals surface area contributed by atoms with Gasteiger partial charge in [0.15, 0.2) is 34.9 Å². The maximum absolute atomic E-state index is 15.3. The first-order chi connectivity index (χ1) is 64.4. The number of aromatic nitrogens is 8. The van der Waals surface area contributed by atoms with Crippen LogP contribution >= 0.6 is 0 Å². The third-order valence-electron chi connectivity index (χ3n) is 23.2. The van der Waals surface area contributed by atoms with Gasteiger partial charge < -0.3 is 9.13 Å². The number of halogens is 24. The van der Waals surface area contributed by atoms with E-state index in [4.69, 9.17) is 29.9 Å². The van der Waals surface area contributed by atoms with E-state index in [0.717, 1.165) is 0 Å². The predicted molar refractivity (Wildman–Crippen MR) is 467 cm³/mol. The van der Waals surface area contributed by atoms with Crippen molar-refractivity contribution in [1.29, 1.82) is 0 Å². The minimum atomic E-state index is -5.44. The van der Waals surface area contributed by atoms with E-state index in [1.54, 1.807) is 191 Å². The quantitative estimate of drug-likeness (QED) is 0.101. The molecule has 8 nitrogen and oxygen atoms in total. The summed E-state index contributed by atoms with van der Waals surface area (Å²) in [6.07, 6.45) is -42.8. The van der Waals surface area contributed by atoms with Crippen LogP contribution < -0.4 is 0 Å². The van der Waals surface area contributed by atoms with Crippen molar-refractivity contribution in [2.45, 2.75) is 49.4 Å². The number of benzene rings is 15. The summed E-state index contributed by atoms with van der Waals surface area (Å²) in [4.78, 5) is 30.1. The van der Waals surface area contributed by atoms with Crippen molar-refractivity contribution >= 4 is 43.6 Å². The molecule has 0 aliphatic heterocycles. The van der Waals surface area contributed by atoms with Gasteiger partial charge in [-0.25, -0.2) is 29.9 Å². The van der Waals surface area contributed by atoms with E-state index < -0.39 is 116 Å². The molecule has 0 amide bonds. The summed E-state index contributed by atoms with van der Waals surface area (Å²) in [5.74, 6) is 0.456. The maximum Gasteiger partial charge on any atom is 0.417 e. The summed E-state index contributed by atoms with van der Waals surface area (Å²) in [6.45, 7) is 0. The minimum Gasteiger partial charge on any atom is -0.309 e. The zero-order chi connectivity index (χ0) is 95.8. The molecule has 0 atom stereocenters. The van der Waals surface area contributed by atoms with Crippen LogP contribution in [0.5, 0.6) is 0 Å². The molecule has 4 aromatic heterocycles. The van der Waals surface area contributed by atoms with Gasteiger partial charge in [0.2, 0.25) is 0 Å². The molecule has 0 fully saturated rings. The van der Waals surface area contributed by atoms with E-state index in [2.05, 4.69) is 0 Å². The van der Waals surface area contributed by atoms with Crippen LogP contribution in [0.1, 0.15) is 44.5 Å². The lowest BCUT2D eigenvalue weighted by Gasteiger charge is -2.18. The molecule has 19 rings (SSSR count). The summed E-state index contributed by atoms with van der Waals surface area (Å²) in [7, 11) is 0. The summed E-state index contributed by atoms with van der Waals surface area (Å²) in [5, 5.41) is -0.171. The Morgan fingerprint density at radius 2 is 0.412 bits per heavy atom. The highest BCUT2D eigenvalue weighted by Crippen LogP contribution is 2.52. The van der Waals surface area contributed by atoms with Gasteiger partial charge in [-0.3, -0.25) is 0 Å². The topological polar surface area (TPSA) is 87.2 Å². The highest BCUT2D eigenvalue weighted by molar-refractivity contribution is 6.14. The molecule has 0 unspecified atom stereocenters.